The van der Waals surface area contributed by atoms with Crippen LogP contribution in [0, 0.1) is 5.82 Å². The molecule has 0 radical (unpaired) electrons. The molecule has 3 heterocycles. The fourth-order valence-corrected chi connectivity index (χ4v) is 5.52. The van der Waals surface area contributed by atoms with E-state index in [4.69, 9.17) is 19.9 Å². The molecule has 208 valence electrons. The molecular formula is C29H28FN3O6S. The number of aromatic nitrogens is 2. The fraction of sp³-hybridized carbons (Fsp3) is 0.310. The van der Waals surface area contributed by atoms with Gasteiger partial charge < -0.3 is 25.1 Å². The van der Waals surface area contributed by atoms with E-state index in [2.05, 4.69) is 9.97 Å². The summed E-state index contributed by atoms with van der Waals surface area (Å²) < 4.78 is 30.9. The van der Waals surface area contributed by atoms with E-state index in [1.165, 1.54) is 37.7 Å². The number of pyridine rings is 1. The van der Waals surface area contributed by atoms with E-state index in [9.17, 15) is 19.1 Å². The first-order valence-corrected chi connectivity index (χ1v) is 13.3. The van der Waals surface area contributed by atoms with Crippen molar-refractivity contribution in [2.75, 3.05) is 20.8 Å². The van der Waals surface area contributed by atoms with E-state index >= 15 is 0 Å². The summed E-state index contributed by atoms with van der Waals surface area (Å²) in [7, 11) is 3.02. The number of hydrogen-bond donors (Lipinski definition) is 2. The molecule has 0 unspecified atom stereocenters. The molecule has 0 saturated heterocycles. The summed E-state index contributed by atoms with van der Waals surface area (Å²) >= 11 is 1.29. The van der Waals surface area contributed by atoms with Crippen LogP contribution in [-0.2, 0) is 15.8 Å². The number of carbonyl (C=O) groups is 2. The predicted molar refractivity (Wildman–Crippen MR) is 148 cm³/mol. The highest BCUT2D eigenvalue weighted by atomic mass is 32.1. The molecule has 2 aromatic carbocycles. The van der Waals surface area contributed by atoms with Crippen molar-refractivity contribution in [3.8, 4) is 28.0 Å². The number of primary amides is 1. The second kappa shape index (κ2) is 10.1. The van der Waals surface area contributed by atoms with Crippen LogP contribution in [0.3, 0.4) is 0 Å². The van der Waals surface area contributed by atoms with E-state index in [1.807, 2.05) is 0 Å². The SMILES string of the molecule is COc1nc2c(OC)cc(C(=O)CC[C@](C)(O)c3cc4c(c(-c5ccc(F)cc5)n3)OC[C@]4(C)C(N)=O)cc2s1. The lowest BCUT2D eigenvalue weighted by molar-refractivity contribution is -0.123. The van der Waals surface area contributed by atoms with Gasteiger partial charge in [-0.1, -0.05) is 11.3 Å². The zero-order chi connectivity index (χ0) is 28.8. The molecule has 0 spiro atoms. The highest BCUT2D eigenvalue weighted by Gasteiger charge is 2.45. The number of methoxy groups -OCH3 is 2. The number of nitrogens with zero attached hydrogens (tertiary/aromatic N) is 2. The van der Waals surface area contributed by atoms with Gasteiger partial charge in [0, 0.05) is 23.1 Å². The monoisotopic (exact) mass is 565 g/mol. The summed E-state index contributed by atoms with van der Waals surface area (Å²) in [5, 5.41) is 12.0. The predicted octanol–water partition coefficient (Wildman–Crippen LogP) is 4.52. The molecule has 4 aromatic rings. The Morgan fingerprint density at radius 3 is 2.55 bits per heavy atom. The summed E-state index contributed by atoms with van der Waals surface area (Å²) in [6.07, 6.45) is 0.0207. The Bertz CT molecular complexity index is 1640. The minimum atomic E-state index is -1.57. The maximum absolute atomic E-state index is 13.6. The van der Waals surface area contributed by atoms with Gasteiger partial charge in [-0.15, -0.1) is 0 Å². The standard InChI is InChI=1S/C29H28FN3O6S/c1-28(26(31)35)14-39-25-18(28)13-22(32-23(25)15-5-7-17(30)8-6-15)29(2,36)10-9-19(34)16-11-20(37-3)24-21(12-16)40-27(33-24)38-4/h5-8,11-13,36H,9-10,14H2,1-4H3,(H2,31,35)/t28-,29-/m0/s1. The molecule has 0 saturated carbocycles. The minimum Gasteiger partial charge on any atom is -0.494 e. The second-order valence-corrected chi connectivity index (χ2v) is 11.1. The third-order valence-corrected chi connectivity index (χ3v) is 8.25. The average molecular weight is 566 g/mol. The van der Waals surface area contributed by atoms with Gasteiger partial charge in [-0.05, 0) is 62.7 Å². The van der Waals surface area contributed by atoms with Gasteiger partial charge in [0.15, 0.2) is 5.78 Å². The number of Topliss-reactive ketones (excluding diaryl/α,β-unsaturated/α-hetero) is 1. The third-order valence-electron chi connectivity index (χ3n) is 7.28. The van der Waals surface area contributed by atoms with Gasteiger partial charge in [0.2, 0.25) is 5.91 Å². The van der Waals surface area contributed by atoms with Gasteiger partial charge in [-0.2, -0.15) is 4.98 Å². The fourth-order valence-electron chi connectivity index (χ4n) is 4.68. The van der Waals surface area contributed by atoms with Crippen LogP contribution >= 0.6 is 11.3 Å². The molecule has 11 heteroatoms. The van der Waals surface area contributed by atoms with Crippen molar-refractivity contribution in [1.82, 2.24) is 9.97 Å². The Morgan fingerprint density at radius 2 is 1.90 bits per heavy atom. The zero-order valence-electron chi connectivity index (χ0n) is 22.4. The number of aliphatic hydroxyl groups is 1. The molecule has 5 rings (SSSR count). The van der Waals surface area contributed by atoms with Crippen molar-refractivity contribution in [3.63, 3.8) is 0 Å². The van der Waals surface area contributed by atoms with Gasteiger partial charge in [0.05, 0.1) is 24.6 Å². The van der Waals surface area contributed by atoms with Gasteiger partial charge in [0.1, 0.15) is 46.1 Å². The van der Waals surface area contributed by atoms with E-state index in [0.717, 1.165) is 4.70 Å². The lowest BCUT2D eigenvalue weighted by Gasteiger charge is -2.26. The largest absolute Gasteiger partial charge is 0.494 e. The van der Waals surface area contributed by atoms with Crippen molar-refractivity contribution >= 4 is 33.2 Å². The second-order valence-electron chi connectivity index (χ2n) is 10.1. The number of benzene rings is 2. The van der Waals surface area contributed by atoms with Crippen LogP contribution in [0.2, 0.25) is 0 Å². The van der Waals surface area contributed by atoms with Gasteiger partial charge in [0.25, 0.3) is 5.19 Å². The molecule has 0 aliphatic carbocycles. The topological polar surface area (TPSA) is 134 Å². The lowest BCUT2D eigenvalue weighted by atomic mass is 9.81. The molecule has 1 aliphatic heterocycles. The summed E-state index contributed by atoms with van der Waals surface area (Å²) in [6.45, 7) is 3.22. The van der Waals surface area contributed by atoms with Crippen LogP contribution in [0.15, 0.2) is 42.5 Å². The first kappa shape index (κ1) is 27.5. The number of halogens is 1. The molecule has 9 nitrogen and oxygen atoms in total. The van der Waals surface area contributed by atoms with Crippen LogP contribution in [0.25, 0.3) is 21.5 Å². The third kappa shape index (κ3) is 4.75. The van der Waals surface area contributed by atoms with Crippen molar-refractivity contribution in [1.29, 1.82) is 0 Å². The number of hydrogen-bond acceptors (Lipinski definition) is 9. The first-order valence-electron chi connectivity index (χ1n) is 12.5. The molecule has 2 aromatic heterocycles. The van der Waals surface area contributed by atoms with Crippen molar-refractivity contribution < 1.29 is 33.3 Å². The van der Waals surface area contributed by atoms with Crippen LogP contribution < -0.4 is 19.9 Å². The Kier molecular flexibility index (Phi) is 6.97. The summed E-state index contributed by atoms with van der Waals surface area (Å²) in [5.74, 6) is -0.423. The van der Waals surface area contributed by atoms with Crippen LogP contribution in [0.1, 0.15) is 48.3 Å². The molecule has 1 aliphatic rings. The lowest BCUT2D eigenvalue weighted by Crippen LogP contribution is -2.40. The number of ether oxygens (including phenoxy) is 3. The number of rotatable bonds is 9. The molecule has 3 N–H and O–H groups in total. The van der Waals surface area contributed by atoms with E-state index in [1.54, 1.807) is 44.2 Å². The zero-order valence-corrected chi connectivity index (χ0v) is 23.2. The number of ketones is 1. The Hall–Kier alpha value is -4.09. The number of thiazole rings is 1. The van der Waals surface area contributed by atoms with E-state index in [0.29, 0.717) is 44.6 Å². The number of fused-ring (bicyclic) bond motifs is 2. The maximum Gasteiger partial charge on any atom is 0.274 e. The Labute approximate surface area is 233 Å². The highest BCUT2D eigenvalue weighted by Crippen LogP contribution is 2.46. The van der Waals surface area contributed by atoms with Crippen molar-refractivity contribution in [3.05, 3.63) is 65.1 Å². The maximum atomic E-state index is 13.6. The van der Waals surface area contributed by atoms with Crippen molar-refractivity contribution in [2.24, 2.45) is 5.73 Å². The molecule has 2 atom stereocenters. The van der Waals surface area contributed by atoms with E-state index < -0.39 is 22.7 Å². The van der Waals surface area contributed by atoms with Gasteiger partial charge in [-0.25, -0.2) is 9.37 Å². The molecule has 1 amide bonds. The van der Waals surface area contributed by atoms with E-state index in [-0.39, 0.29) is 30.9 Å². The molecule has 0 fully saturated rings. The summed E-state index contributed by atoms with van der Waals surface area (Å²) in [6, 6.07) is 10.6. The summed E-state index contributed by atoms with van der Waals surface area (Å²) in [5.41, 5.74) is 5.62. The normalized spacial score (nSPS) is 17.6. The molecular weight excluding hydrogens is 537 g/mol. The minimum absolute atomic E-state index is 0.00426. The number of amides is 1. The van der Waals surface area contributed by atoms with Crippen LogP contribution in [0.4, 0.5) is 4.39 Å². The smallest absolute Gasteiger partial charge is 0.274 e. The van der Waals surface area contributed by atoms with Crippen LogP contribution in [-0.4, -0.2) is 47.6 Å². The summed E-state index contributed by atoms with van der Waals surface area (Å²) in [4.78, 5) is 34.7. The average Bonchev–Trinajstić information content (AvgIpc) is 3.53. The van der Waals surface area contributed by atoms with Crippen molar-refractivity contribution in [2.45, 2.75) is 37.7 Å². The highest BCUT2D eigenvalue weighted by molar-refractivity contribution is 7.20. The number of carbonyl (C=O) groups excluding carboxylic acids is 2. The Balaban J connectivity index is 1.49. The van der Waals surface area contributed by atoms with Crippen LogP contribution in [0.5, 0.6) is 16.7 Å². The molecule has 40 heavy (non-hydrogen) atoms. The molecule has 0 bridgehead atoms. The quantitative estimate of drug-likeness (QED) is 0.283. The Morgan fingerprint density at radius 1 is 1.18 bits per heavy atom. The van der Waals surface area contributed by atoms with Gasteiger partial charge in [-0.3, -0.25) is 9.59 Å². The number of nitrogens with two attached hydrogens (primary N) is 1. The first-order chi connectivity index (χ1) is 19.0. The van der Waals surface area contributed by atoms with Gasteiger partial charge >= 0.3 is 0 Å².